The van der Waals surface area contributed by atoms with Gasteiger partial charge in [0.1, 0.15) is 5.75 Å². The van der Waals surface area contributed by atoms with Crippen LogP contribution in [-0.4, -0.2) is 29.8 Å². The van der Waals surface area contributed by atoms with E-state index in [0.717, 1.165) is 5.75 Å². The number of thioether (sulfide) groups is 1. The highest BCUT2D eigenvalue weighted by atomic mass is 32.2. The molecule has 2 nitrogen and oxygen atoms in total. The Morgan fingerprint density at radius 2 is 1.94 bits per heavy atom. The zero-order valence-electron chi connectivity index (χ0n) is 10.0. The van der Waals surface area contributed by atoms with Crippen LogP contribution in [-0.2, 0) is 0 Å². The Labute approximate surface area is 107 Å². The summed E-state index contributed by atoms with van der Waals surface area (Å²) in [6, 6.07) is 9.85. The second kappa shape index (κ2) is 6.92. The van der Waals surface area contributed by atoms with Crippen molar-refractivity contribution in [3.8, 4) is 5.75 Å². The van der Waals surface area contributed by atoms with Gasteiger partial charge in [-0.3, -0.25) is 0 Å². The third kappa shape index (κ3) is 3.93. The fourth-order valence-corrected chi connectivity index (χ4v) is 3.39. The molecule has 1 fully saturated rings. The fourth-order valence-electron chi connectivity index (χ4n) is 2.25. The lowest BCUT2D eigenvalue weighted by atomic mass is 9.88. The van der Waals surface area contributed by atoms with Gasteiger partial charge >= 0.3 is 0 Å². The highest BCUT2D eigenvalue weighted by molar-refractivity contribution is 7.99. The number of para-hydroxylation sites is 1. The van der Waals surface area contributed by atoms with Crippen molar-refractivity contribution < 1.29 is 9.84 Å². The van der Waals surface area contributed by atoms with E-state index < -0.39 is 0 Å². The Hall–Kier alpha value is -0.670. The molecule has 0 saturated carbocycles. The van der Waals surface area contributed by atoms with Gasteiger partial charge in [0.05, 0.1) is 6.61 Å². The van der Waals surface area contributed by atoms with Crippen LogP contribution in [0.1, 0.15) is 12.8 Å². The van der Waals surface area contributed by atoms with Gasteiger partial charge in [0.2, 0.25) is 0 Å². The molecular weight excluding hydrogens is 232 g/mol. The summed E-state index contributed by atoms with van der Waals surface area (Å²) in [6.45, 7) is 0.873. The Kier molecular flexibility index (Phi) is 5.20. The molecule has 94 valence electrons. The SMILES string of the molecule is OCC(COc1ccccc1)C1CCSCC1. The predicted molar refractivity (Wildman–Crippen MR) is 72.6 cm³/mol. The van der Waals surface area contributed by atoms with E-state index in [-0.39, 0.29) is 12.5 Å². The first-order valence-corrected chi connectivity index (χ1v) is 7.42. The number of benzene rings is 1. The molecule has 3 heteroatoms. The van der Waals surface area contributed by atoms with Crippen LogP contribution in [0.4, 0.5) is 0 Å². The van der Waals surface area contributed by atoms with Crippen molar-refractivity contribution in [1.29, 1.82) is 0 Å². The predicted octanol–water partition coefficient (Wildman–Crippen LogP) is 2.82. The summed E-state index contributed by atoms with van der Waals surface area (Å²) in [7, 11) is 0. The third-order valence-electron chi connectivity index (χ3n) is 3.37. The summed E-state index contributed by atoms with van der Waals surface area (Å²) < 4.78 is 5.75. The molecule has 0 aliphatic carbocycles. The molecule has 1 atom stereocenters. The van der Waals surface area contributed by atoms with E-state index in [9.17, 15) is 5.11 Å². The molecule has 0 radical (unpaired) electrons. The third-order valence-corrected chi connectivity index (χ3v) is 4.42. The first-order chi connectivity index (χ1) is 8.40. The zero-order chi connectivity index (χ0) is 11.9. The number of aliphatic hydroxyl groups is 1. The van der Waals surface area contributed by atoms with Crippen molar-refractivity contribution in [2.24, 2.45) is 11.8 Å². The largest absolute Gasteiger partial charge is 0.493 e. The Morgan fingerprint density at radius 3 is 2.59 bits per heavy atom. The summed E-state index contributed by atoms with van der Waals surface area (Å²) >= 11 is 2.02. The van der Waals surface area contributed by atoms with Crippen LogP contribution in [0.15, 0.2) is 30.3 Å². The van der Waals surface area contributed by atoms with Gasteiger partial charge in [-0.2, -0.15) is 11.8 Å². The number of rotatable bonds is 5. The van der Waals surface area contributed by atoms with E-state index in [1.165, 1.54) is 24.3 Å². The van der Waals surface area contributed by atoms with E-state index in [2.05, 4.69) is 0 Å². The molecule has 0 spiro atoms. The van der Waals surface area contributed by atoms with Crippen LogP contribution in [0.3, 0.4) is 0 Å². The Balaban J connectivity index is 1.82. The fraction of sp³-hybridized carbons (Fsp3) is 0.571. The number of hydrogen-bond donors (Lipinski definition) is 1. The van der Waals surface area contributed by atoms with Crippen LogP contribution < -0.4 is 4.74 Å². The summed E-state index contributed by atoms with van der Waals surface area (Å²) in [5, 5.41) is 9.47. The number of hydrogen-bond acceptors (Lipinski definition) is 3. The molecule has 1 aromatic rings. The van der Waals surface area contributed by atoms with Gasteiger partial charge in [-0.05, 0) is 42.4 Å². The van der Waals surface area contributed by atoms with Crippen LogP contribution in [0.25, 0.3) is 0 Å². The molecule has 1 N–H and O–H groups in total. The summed E-state index contributed by atoms with van der Waals surface area (Å²) in [6.07, 6.45) is 2.43. The normalized spacial score (nSPS) is 18.9. The maximum Gasteiger partial charge on any atom is 0.119 e. The molecule has 2 rings (SSSR count). The molecule has 1 aromatic carbocycles. The van der Waals surface area contributed by atoms with Crippen LogP contribution in [0.2, 0.25) is 0 Å². The lowest BCUT2D eigenvalue weighted by molar-refractivity contribution is 0.113. The first-order valence-electron chi connectivity index (χ1n) is 6.26. The molecule has 1 heterocycles. The van der Waals surface area contributed by atoms with E-state index in [1.807, 2.05) is 42.1 Å². The minimum atomic E-state index is 0.238. The molecule has 0 bridgehead atoms. The monoisotopic (exact) mass is 252 g/mol. The van der Waals surface area contributed by atoms with Crippen molar-refractivity contribution >= 4 is 11.8 Å². The van der Waals surface area contributed by atoms with Crippen molar-refractivity contribution in [3.63, 3.8) is 0 Å². The molecule has 17 heavy (non-hydrogen) atoms. The average Bonchev–Trinajstić information content (AvgIpc) is 2.42. The van der Waals surface area contributed by atoms with E-state index >= 15 is 0 Å². The van der Waals surface area contributed by atoms with Crippen molar-refractivity contribution in [2.75, 3.05) is 24.7 Å². The average molecular weight is 252 g/mol. The molecular formula is C14H20O2S. The second-order valence-corrected chi connectivity index (χ2v) is 5.74. The zero-order valence-corrected chi connectivity index (χ0v) is 10.9. The Bertz CT molecular complexity index is 309. The van der Waals surface area contributed by atoms with Gasteiger partial charge in [-0.1, -0.05) is 18.2 Å². The lowest BCUT2D eigenvalue weighted by Crippen LogP contribution is -2.28. The molecule has 1 unspecified atom stereocenters. The van der Waals surface area contributed by atoms with Gasteiger partial charge in [0.15, 0.2) is 0 Å². The van der Waals surface area contributed by atoms with Crippen LogP contribution in [0, 0.1) is 11.8 Å². The molecule has 0 aromatic heterocycles. The smallest absolute Gasteiger partial charge is 0.119 e. The van der Waals surface area contributed by atoms with Gasteiger partial charge in [-0.25, -0.2) is 0 Å². The topological polar surface area (TPSA) is 29.5 Å². The Morgan fingerprint density at radius 1 is 1.24 bits per heavy atom. The van der Waals surface area contributed by atoms with Crippen molar-refractivity contribution in [3.05, 3.63) is 30.3 Å². The van der Waals surface area contributed by atoms with Gasteiger partial charge in [0, 0.05) is 12.5 Å². The summed E-state index contributed by atoms with van der Waals surface area (Å²) in [5.74, 6) is 4.27. The molecule has 0 amide bonds. The molecule has 1 saturated heterocycles. The van der Waals surface area contributed by atoms with Crippen LogP contribution in [0.5, 0.6) is 5.75 Å². The van der Waals surface area contributed by atoms with E-state index in [4.69, 9.17) is 4.74 Å². The molecule has 1 aliphatic rings. The maximum atomic E-state index is 9.47. The standard InChI is InChI=1S/C14H20O2S/c15-10-13(12-6-8-17-9-7-12)11-16-14-4-2-1-3-5-14/h1-5,12-13,15H,6-11H2. The highest BCUT2D eigenvalue weighted by Gasteiger charge is 2.23. The van der Waals surface area contributed by atoms with Gasteiger partial charge < -0.3 is 9.84 Å². The van der Waals surface area contributed by atoms with Crippen molar-refractivity contribution in [1.82, 2.24) is 0 Å². The first kappa shape index (κ1) is 12.8. The van der Waals surface area contributed by atoms with Gasteiger partial charge in [-0.15, -0.1) is 0 Å². The number of ether oxygens (including phenoxy) is 1. The summed E-state index contributed by atoms with van der Waals surface area (Å²) in [4.78, 5) is 0. The minimum absolute atomic E-state index is 0.238. The summed E-state index contributed by atoms with van der Waals surface area (Å²) in [5.41, 5.74) is 0. The quantitative estimate of drug-likeness (QED) is 0.874. The minimum Gasteiger partial charge on any atom is -0.493 e. The van der Waals surface area contributed by atoms with Crippen LogP contribution >= 0.6 is 11.8 Å². The highest BCUT2D eigenvalue weighted by Crippen LogP contribution is 2.29. The van der Waals surface area contributed by atoms with E-state index in [1.54, 1.807) is 0 Å². The maximum absolute atomic E-state index is 9.47. The number of aliphatic hydroxyl groups excluding tert-OH is 1. The van der Waals surface area contributed by atoms with E-state index in [0.29, 0.717) is 12.5 Å². The second-order valence-electron chi connectivity index (χ2n) is 4.52. The van der Waals surface area contributed by atoms with Gasteiger partial charge in [0.25, 0.3) is 0 Å². The van der Waals surface area contributed by atoms with Crippen molar-refractivity contribution in [2.45, 2.75) is 12.8 Å². The lowest BCUT2D eigenvalue weighted by Gasteiger charge is -2.28. The molecule has 1 aliphatic heterocycles.